The second-order valence-corrected chi connectivity index (χ2v) is 5.12. The highest BCUT2D eigenvalue weighted by atomic mass is 35.5. The van der Waals surface area contributed by atoms with Crippen molar-refractivity contribution in [3.8, 4) is 5.75 Å². The minimum absolute atomic E-state index is 0.127. The fraction of sp³-hybridized carbons (Fsp3) is 0.167. The molecule has 0 fully saturated rings. The molecule has 4 heteroatoms. The van der Waals surface area contributed by atoms with Gasteiger partial charge in [0.2, 0.25) is 0 Å². The van der Waals surface area contributed by atoms with Crippen molar-refractivity contribution in [2.75, 3.05) is 6.61 Å². The van der Waals surface area contributed by atoms with Crippen LogP contribution in [0, 0.1) is 0 Å². The summed E-state index contributed by atoms with van der Waals surface area (Å²) < 4.78 is 6.32. The Bertz CT molecular complexity index is 443. The third-order valence-corrected chi connectivity index (χ3v) is 3.50. The molecule has 1 aromatic heterocycles. The molecule has 0 spiro atoms. The van der Waals surface area contributed by atoms with Gasteiger partial charge in [-0.15, -0.1) is 11.3 Å². The third-order valence-electron chi connectivity index (χ3n) is 2.13. The molecule has 2 rings (SSSR count). The number of ether oxygens (including phenoxy) is 1. The maximum absolute atomic E-state index is 5.98. The average Bonchev–Trinajstić information content (AvgIpc) is 2.74. The summed E-state index contributed by atoms with van der Waals surface area (Å²) in [7, 11) is 0. The van der Waals surface area contributed by atoms with Crippen molar-refractivity contribution in [2.45, 2.75) is 6.04 Å². The second-order valence-electron chi connectivity index (χ2n) is 3.37. The lowest BCUT2D eigenvalue weighted by Gasteiger charge is -2.11. The van der Waals surface area contributed by atoms with E-state index in [1.807, 2.05) is 42.5 Å². The van der Waals surface area contributed by atoms with E-state index in [2.05, 4.69) is 0 Å². The number of nitrogens with two attached hydrogens (primary N) is 1. The smallest absolute Gasteiger partial charge is 0.119 e. The molecule has 0 bridgehead atoms. The van der Waals surface area contributed by atoms with E-state index in [0.717, 1.165) is 15.0 Å². The number of hydrogen-bond acceptors (Lipinski definition) is 3. The van der Waals surface area contributed by atoms with Gasteiger partial charge in [0.25, 0.3) is 0 Å². The SMILES string of the molecule is NC(COc1ccccc1)c1ccc(Cl)s1. The maximum atomic E-state index is 5.98. The van der Waals surface area contributed by atoms with Crippen LogP contribution in [0.1, 0.15) is 10.9 Å². The van der Waals surface area contributed by atoms with E-state index in [1.165, 1.54) is 11.3 Å². The van der Waals surface area contributed by atoms with Crippen LogP contribution in [0.4, 0.5) is 0 Å². The Kier molecular flexibility index (Phi) is 3.83. The number of benzene rings is 1. The fourth-order valence-corrected chi connectivity index (χ4v) is 2.36. The van der Waals surface area contributed by atoms with Crippen molar-refractivity contribution in [2.24, 2.45) is 5.73 Å². The Morgan fingerprint density at radius 1 is 1.19 bits per heavy atom. The van der Waals surface area contributed by atoms with Gasteiger partial charge < -0.3 is 10.5 Å². The zero-order valence-corrected chi connectivity index (χ0v) is 10.2. The van der Waals surface area contributed by atoms with Gasteiger partial charge in [-0.3, -0.25) is 0 Å². The summed E-state index contributed by atoms with van der Waals surface area (Å²) in [6.45, 7) is 0.459. The molecule has 0 saturated heterocycles. The van der Waals surface area contributed by atoms with Gasteiger partial charge in [-0.1, -0.05) is 29.8 Å². The summed E-state index contributed by atoms with van der Waals surface area (Å²) in [6, 6.07) is 13.3. The molecule has 2 nitrogen and oxygen atoms in total. The summed E-state index contributed by atoms with van der Waals surface area (Å²) in [5.74, 6) is 0.834. The largest absolute Gasteiger partial charge is 0.492 e. The van der Waals surface area contributed by atoms with Crippen LogP contribution in [0.15, 0.2) is 42.5 Å². The number of para-hydroxylation sites is 1. The topological polar surface area (TPSA) is 35.2 Å². The molecule has 16 heavy (non-hydrogen) atoms. The van der Waals surface area contributed by atoms with Gasteiger partial charge in [0.15, 0.2) is 0 Å². The summed E-state index contributed by atoms with van der Waals surface area (Å²) in [6.07, 6.45) is 0. The Morgan fingerprint density at radius 2 is 1.94 bits per heavy atom. The van der Waals surface area contributed by atoms with Crippen LogP contribution in [0.25, 0.3) is 0 Å². The van der Waals surface area contributed by atoms with Crippen LogP contribution < -0.4 is 10.5 Å². The van der Waals surface area contributed by atoms with Gasteiger partial charge in [-0.2, -0.15) is 0 Å². The van der Waals surface area contributed by atoms with Gasteiger partial charge in [-0.05, 0) is 24.3 Å². The summed E-state index contributed by atoms with van der Waals surface area (Å²) in [5, 5.41) is 0. The molecule has 84 valence electrons. The van der Waals surface area contributed by atoms with Crippen molar-refractivity contribution in [1.29, 1.82) is 0 Å². The molecule has 0 radical (unpaired) electrons. The van der Waals surface area contributed by atoms with E-state index in [4.69, 9.17) is 22.1 Å². The number of thiophene rings is 1. The first-order chi connectivity index (χ1) is 7.75. The van der Waals surface area contributed by atoms with Crippen molar-refractivity contribution >= 4 is 22.9 Å². The first-order valence-electron chi connectivity index (χ1n) is 4.94. The highest BCUT2D eigenvalue weighted by molar-refractivity contribution is 7.16. The Labute approximate surface area is 104 Å². The maximum Gasteiger partial charge on any atom is 0.119 e. The first kappa shape index (κ1) is 11.5. The molecular formula is C12H12ClNOS. The van der Waals surface area contributed by atoms with Gasteiger partial charge in [-0.25, -0.2) is 0 Å². The van der Waals surface area contributed by atoms with E-state index >= 15 is 0 Å². The number of halogens is 1. The molecule has 0 amide bonds. The van der Waals surface area contributed by atoms with Gasteiger partial charge in [0, 0.05) is 4.88 Å². The van der Waals surface area contributed by atoms with Crippen LogP contribution >= 0.6 is 22.9 Å². The van der Waals surface area contributed by atoms with Crippen molar-refractivity contribution in [3.05, 3.63) is 51.7 Å². The number of hydrogen-bond donors (Lipinski definition) is 1. The molecular weight excluding hydrogens is 242 g/mol. The van der Waals surface area contributed by atoms with Gasteiger partial charge in [0.1, 0.15) is 12.4 Å². The lowest BCUT2D eigenvalue weighted by Crippen LogP contribution is -2.17. The third kappa shape index (κ3) is 2.98. The quantitative estimate of drug-likeness (QED) is 0.906. The Balaban J connectivity index is 1.91. The highest BCUT2D eigenvalue weighted by Crippen LogP contribution is 2.26. The van der Waals surface area contributed by atoms with E-state index < -0.39 is 0 Å². The predicted octanol–water partition coefficient (Wildman–Crippen LogP) is 3.48. The lowest BCUT2D eigenvalue weighted by atomic mass is 10.3. The molecule has 2 aromatic rings. The van der Waals surface area contributed by atoms with Crippen LogP contribution in [0.2, 0.25) is 4.34 Å². The fourth-order valence-electron chi connectivity index (χ4n) is 1.31. The van der Waals surface area contributed by atoms with Gasteiger partial charge >= 0.3 is 0 Å². The molecule has 1 heterocycles. The lowest BCUT2D eigenvalue weighted by molar-refractivity contribution is 0.292. The summed E-state index contributed by atoms with van der Waals surface area (Å²) in [4.78, 5) is 1.04. The monoisotopic (exact) mass is 253 g/mol. The van der Waals surface area contributed by atoms with E-state index in [-0.39, 0.29) is 6.04 Å². The van der Waals surface area contributed by atoms with E-state index in [1.54, 1.807) is 0 Å². The summed E-state index contributed by atoms with van der Waals surface area (Å²) in [5.41, 5.74) is 5.98. The standard InChI is InChI=1S/C12H12ClNOS/c13-12-7-6-11(16-12)10(14)8-15-9-4-2-1-3-5-9/h1-7,10H,8,14H2. The molecule has 0 aliphatic heterocycles. The molecule has 1 aromatic carbocycles. The number of rotatable bonds is 4. The van der Waals surface area contributed by atoms with Crippen LogP contribution in [0.3, 0.4) is 0 Å². The Morgan fingerprint density at radius 3 is 2.56 bits per heavy atom. The second kappa shape index (κ2) is 5.34. The van der Waals surface area contributed by atoms with Crippen LogP contribution in [-0.4, -0.2) is 6.61 Å². The highest BCUT2D eigenvalue weighted by Gasteiger charge is 2.09. The predicted molar refractivity (Wildman–Crippen MR) is 68.2 cm³/mol. The van der Waals surface area contributed by atoms with E-state index in [9.17, 15) is 0 Å². The minimum Gasteiger partial charge on any atom is -0.492 e. The van der Waals surface area contributed by atoms with Crippen LogP contribution in [-0.2, 0) is 0 Å². The normalized spacial score (nSPS) is 12.4. The van der Waals surface area contributed by atoms with Crippen molar-refractivity contribution < 1.29 is 4.74 Å². The van der Waals surface area contributed by atoms with Crippen molar-refractivity contribution in [1.82, 2.24) is 0 Å². The average molecular weight is 254 g/mol. The van der Waals surface area contributed by atoms with Crippen molar-refractivity contribution in [3.63, 3.8) is 0 Å². The molecule has 0 saturated carbocycles. The van der Waals surface area contributed by atoms with E-state index in [0.29, 0.717) is 6.61 Å². The first-order valence-corrected chi connectivity index (χ1v) is 6.14. The molecule has 1 unspecified atom stereocenters. The van der Waals surface area contributed by atoms with Crippen LogP contribution in [0.5, 0.6) is 5.75 Å². The molecule has 2 N–H and O–H groups in total. The molecule has 1 atom stereocenters. The summed E-state index contributed by atoms with van der Waals surface area (Å²) >= 11 is 7.34. The Hall–Kier alpha value is -1.03. The van der Waals surface area contributed by atoms with Gasteiger partial charge in [0.05, 0.1) is 10.4 Å². The minimum atomic E-state index is -0.127. The zero-order chi connectivity index (χ0) is 11.4. The zero-order valence-electron chi connectivity index (χ0n) is 8.60. The molecule has 0 aliphatic carbocycles. The molecule has 0 aliphatic rings.